The Morgan fingerprint density at radius 3 is 2.00 bits per heavy atom. The number of aliphatic hydroxyl groups excluding tert-OH is 1. The molecule has 230 valence electrons. The fraction of sp³-hybridized carbons (Fsp3) is 0.839. The van der Waals surface area contributed by atoms with E-state index in [2.05, 4.69) is 46.7 Å². The van der Waals surface area contributed by atoms with E-state index < -0.39 is 5.92 Å². The maximum Gasteiger partial charge on any atom is 0.161 e. The Hall–Kier alpha value is -1.45. The summed E-state index contributed by atoms with van der Waals surface area (Å²) in [5.41, 5.74) is 0.852. The first kappa shape index (κ1) is 39.7. The normalized spacial score (nSPS) is 22.7. The van der Waals surface area contributed by atoms with Crippen molar-refractivity contribution in [3.8, 4) is 0 Å². The van der Waals surface area contributed by atoms with Gasteiger partial charge in [0.2, 0.25) is 0 Å². The van der Waals surface area contributed by atoms with Gasteiger partial charge in [-0.05, 0) is 78.5 Å². The van der Waals surface area contributed by atoms with E-state index >= 15 is 0 Å². The molecule has 0 bridgehead atoms. The SMILES string of the molecule is C/C=C(\C)C(=O)[C@H](C)CC(C)C(OC1CC(N(C)C)CC(C)O1)C(C)C.CC(C=O)C=O.CCC(CO)OC. The highest BCUT2D eigenvalue weighted by molar-refractivity contribution is 5.96. The Kier molecular flexibility index (Phi) is 22.7. The van der Waals surface area contributed by atoms with E-state index in [1.807, 2.05) is 33.8 Å². The second-order valence-electron chi connectivity index (χ2n) is 11.3. The molecule has 0 aromatic rings. The van der Waals surface area contributed by atoms with Gasteiger partial charge in [0, 0.05) is 25.5 Å². The number of hydrogen-bond donors (Lipinski definition) is 1. The molecule has 0 amide bonds. The van der Waals surface area contributed by atoms with Crippen molar-refractivity contribution in [3.63, 3.8) is 0 Å². The van der Waals surface area contributed by atoms with Crippen molar-refractivity contribution in [2.24, 2.45) is 23.7 Å². The van der Waals surface area contributed by atoms with E-state index in [-0.39, 0.29) is 42.9 Å². The van der Waals surface area contributed by atoms with Crippen molar-refractivity contribution in [3.05, 3.63) is 11.6 Å². The molecule has 8 heteroatoms. The van der Waals surface area contributed by atoms with Gasteiger partial charge in [-0.2, -0.15) is 0 Å². The van der Waals surface area contributed by atoms with Crippen molar-refractivity contribution in [2.45, 2.75) is 119 Å². The van der Waals surface area contributed by atoms with Crippen molar-refractivity contribution in [2.75, 3.05) is 27.8 Å². The first-order chi connectivity index (χ1) is 18.2. The van der Waals surface area contributed by atoms with Gasteiger partial charge in [-0.3, -0.25) is 4.79 Å². The molecular formula is C31H59NO7. The van der Waals surface area contributed by atoms with Gasteiger partial charge < -0.3 is 33.8 Å². The zero-order valence-electron chi connectivity index (χ0n) is 26.8. The highest BCUT2D eigenvalue weighted by Gasteiger charge is 2.34. The summed E-state index contributed by atoms with van der Waals surface area (Å²) in [6, 6.07) is 0.490. The average Bonchev–Trinajstić information content (AvgIpc) is 2.91. The smallest absolute Gasteiger partial charge is 0.161 e. The van der Waals surface area contributed by atoms with Crippen molar-refractivity contribution in [1.82, 2.24) is 4.90 Å². The average molecular weight is 558 g/mol. The van der Waals surface area contributed by atoms with Gasteiger partial charge in [-0.25, -0.2) is 0 Å². The number of Topliss-reactive ketones (excluding diaryl/α,β-unsaturated/α-hetero) is 1. The molecular weight excluding hydrogens is 498 g/mol. The molecule has 0 radical (unpaired) electrons. The minimum atomic E-state index is -0.426. The molecule has 8 nitrogen and oxygen atoms in total. The van der Waals surface area contributed by atoms with Crippen molar-refractivity contribution >= 4 is 18.4 Å². The molecule has 1 rings (SSSR count). The topological polar surface area (TPSA) is 102 Å². The van der Waals surface area contributed by atoms with Crippen molar-refractivity contribution < 1.29 is 33.7 Å². The number of ether oxygens (including phenoxy) is 3. The Bertz CT molecular complexity index is 677. The van der Waals surface area contributed by atoms with Crippen LogP contribution in [0.4, 0.5) is 0 Å². The fourth-order valence-electron chi connectivity index (χ4n) is 4.44. The van der Waals surface area contributed by atoms with Crippen LogP contribution in [0.2, 0.25) is 0 Å². The predicted molar refractivity (Wildman–Crippen MR) is 158 cm³/mol. The maximum atomic E-state index is 12.4. The minimum absolute atomic E-state index is 0.0202. The summed E-state index contributed by atoms with van der Waals surface area (Å²) in [5, 5.41) is 8.40. The molecule has 0 aliphatic carbocycles. The number of carbonyl (C=O) groups excluding carboxylic acids is 3. The van der Waals surface area contributed by atoms with Gasteiger partial charge in [-0.15, -0.1) is 0 Å². The second-order valence-corrected chi connectivity index (χ2v) is 11.3. The number of hydrogen-bond acceptors (Lipinski definition) is 8. The Balaban J connectivity index is 0. The Labute approximate surface area is 238 Å². The molecule has 1 N–H and O–H groups in total. The zero-order chi connectivity index (χ0) is 30.7. The number of rotatable bonds is 14. The van der Waals surface area contributed by atoms with E-state index in [9.17, 15) is 14.4 Å². The van der Waals surface area contributed by atoms with Crippen LogP contribution in [0.5, 0.6) is 0 Å². The van der Waals surface area contributed by atoms with Crippen LogP contribution in [-0.4, -0.2) is 86.8 Å². The summed E-state index contributed by atoms with van der Waals surface area (Å²) in [4.78, 5) is 33.7. The Morgan fingerprint density at radius 1 is 1.10 bits per heavy atom. The van der Waals surface area contributed by atoms with E-state index in [1.165, 1.54) is 0 Å². The molecule has 0 aromatic carbocycles. The lowest BCUT2D eigenvalue weighted by Gasteiger charge is -2.40. The number of nitrogens with zero attached hydrogens (tertiary/aromatic N) is 1. The number of aldehydes is 2. The molecule has 1 aliphatic rings. The van der Waals surface area contributed by atoms with Crippen LogP contribution < -0.4 is 0 Å². The largest absolute Gasteiger partial charge is 0.394 e. The predicted octanol–water partition coefficient (Wildman–Crippen LogP) is 5.10. The summed E-state index contributed by atoms with van der Waals surface area (Å²) in [6.45, 7) is 18.2. The van der Waals surface area contributed by atoms with Gasteiger partial charge >= 0.3 is 0 Å². The van der Waals surface area contributed by atoms with Crippen LogP contribution >= 0.6 is 0 Å². The van der Waals surface area contributed by atoms with E-state index in [4.69, 9.17) is 19.3 Å². The number of allylic oxidation sites excluding steroid dienone is 2. The first-order valence-electron chi connectivity index (χ1n) is 14.4. The van der Waals surface area contributed by atoms with E-state index in [0.717, 1.165) is 31.3 Å². The van der Waals surface area contributed by atoms with Gasteiger partial charge in [0.25, 0.3) is 0 Å². The van der Waals surface area contributed by atoms with Crippen LogP contribution in [0.25, 0.3) is 0 Å². The Morgan fingerprint density at radius 2 is 1.67 bits per heavy atom. The van der Waals surface area contributed by atoms with Gasteiger partial charge in [0.15, 0.2) is 12.1 Å². The standard InChI is InChI=1S/C22H41NO3.C5H12O2.C4H6O2/c1-10-15(4)21(24)16(5)11-17(6)22(14(2)3)26-20-13-19(23(8)9)12-18(7)25-20;1-3-5(4-6)7-2;1-4(2-5)3-6/h10,14,16-20,22H,11-13H2,1-9H3;5-6H,3-4H2,1-2H3;2-4H,1H3/b15-10+;;/t16-,17?,18?,19?,20?,22?;;/m1../s1. The number of ketones is 1. The minimum Gasteiger partial charge on any atom is -0.394 e. The van der Waals surface area contributed by atoms with Crippen molar-refractivity contribution in [1.29, 1.82) is 0 Å². The van der Waals surface area contributed by atoms with Crippen LogP contribution in [0.1, 0.15) is 88.0 Å². The molecule has 0 aromatic heterocycles. The molecule has 39 heavy (non-hydrogen) atoms. The highest BCUT2D eigenvalue weighted by atomic mass is 16.7. The van der Waals surface area contributed by atoms with Gasteiger partial charge in [-0.1, -0.05) is 40.7 Å². The summed E-state index contributed by atoms with van der Waals surface area (Å²) < 4.78 is 17.3. The van der Waals surface area contributed by atoms with E-state index in [0.29, 0.717) is 30.4 Å². The quantitative estimate of drug-likeness (QED) is 0.179. The fourth-order valence-corrected chi connectivity index (χ4v) is 4.44. The summed E-state index contributed by atoms with van der Waals surface area (Å²) in [7, 11) is 5.85. The van der Waals surface area contributed by atoms with Gasteiger partial charge in [0.05, 0.1) is 30.8 Å². The second kappa shape index (κ2) is 22.3. The summed E-state index contributed by atoms with van der Waals surface area (Å²) in [6.07, 6.45) is 6.96. The first-order valence-corrected chi connectivity index (χ1v) is 14.4. The van der Waals surface area contributed by atoms with Crippen LogP contribution in [0, 0.1) is 23.7 Å². The van der Waals surface area contributed by atoms with Crippen LogP contribution in [-0.2, 0) is 28.6 Å². The molecule has 0 saturated carbocycles. The molecule has 1 fully saturated rings. The van der Waals surface area contributed by atoms with E-state index in [1.54, 1.807) is 14.0 Å². The molecule has 1 saturated heterocycles. The molecule has 1 heterocycles. The highest BCUT2D eigenvalue weighted by Crippen LogP contribution is 2.30. The number of carbonyl (C=O) groups is 3. The summed E-state index contributed by atoms with van der Waals surface area (Å²) >= 11 is 0. The molecule has 0 spiro atoms. The lowest BCUT2D eigenvalue weighted by Crippen LogP contribution is -2.45. The maximum absolute atomic E-state index is 12.4. The number of aliphatic hydroxyl groups is 1. The third-order valence-corrected chi connectivity index (χ3v) is 7.13. The molecule has 7 atom stereocenters. The van der Waals surface area contributed by atoms with Crippen LogP contribution in [0.15, 0.2) is 11.6 Å². The third kappa shape index (κ3) is 17.1. The lowest BCUT2D eigenvalue weighted by molar-refractivity contribution is -0.236. The lowest BCUT2D eigenvalue weighted by atomic mass is 9.84. The third-order valence-electron chi connectivity index (χ3n) is 7.13. The van der Waals surface area contributed by atoms with Gasteiger partial charge in [0.1, 0.15) is 12.6 Å². The molecule has 1 aliphatic heterocycles. The number of methoxy groups -OCH3 is 1. The molecule has 6 unspecified atom stereocenters. The van der Waals surface area contributed by atoms with Crippen LogP contribution in [0.3, 0.4) is 0 Å². The monoisotopic (exact) mass is 557 g/mol. The zero-order valence-corrected chi connectivity index (χ0v) is 26.8. The summed E-state index contributed by atoms with van der Waals surface area (Å²) in [5.74, 6) is 0.528.